The first-order valence-electron chi connectivity index (χ1n) is 9.65. The number of carbonyl (C=O) groups is 1. The fourth-order valence-electron chi connectivity index (χ4n) is 1.94. The molecule has 0 spiro atoms. The first kappa shape index (κ1) is 26.2. The summed E-state index contributed by atoms with van der Waals surface area (Å²) in [6.45, 7) is 8.14. The summed E-state index contributed by atoms with van der Waals surface area (Å²) in [6, 6.07) is 0. The number of ether oxygens (including phenoxy) is 5. The van der Waals surface area contributed by atoms with Crippen LogP contribution in [-0.4, -0.2) is 90.7 Å². The molecule has 0 saturated heterocycles. The Morgan fingerprint density at radius 1 is 0.926 bits per heavy atom. The van der Waals surface area contributed by atoms with Crippen molar-refractivity contribution in [3.8, 4) is 0 Å². The van der Waals surface area contributed by atoms with Crippen molar-refractivity contribution in [2.24, 2.45) is 5.73 Å². The lowest BCUT2D eigenvalue weighted by molar-refractivity contribution is -0.121. The second-order valence-corrected chi connectivity index (χ2v) is 5.88. The van der Waals surface area contributed by atoms with Gasteiger partial charge in [-0.25, -0.2) is 4.39 Å². The van der Waals surface area contributed by atoms with Gasteiger partial charge in [0.25, 0.3) is 0 Å². The van der Waals surface area contributed by atoms with Crippen LogP contribution in [0.1, 0.15) is 26.7 Å². The van der Waals surface area contributed by atoms with Crippen LogP contribution in [0, 0.1) is 0 Å². The van der Waals surface area contributed by atoms with E-state index in [1.165, 1.54) is 0 Å². The van der Waals surface area contributed by atoms with Crippen molar-refractivity contribution in [1.82, 2.24) is 5.32 Å². The lowest BCUT2D eigenvalue weighted by Gasteiger charge is -2.18. The van der Waals surface area contributed by atoms with Gasteiger partial charge in [-0.15, -0.1) is 0 Å². The van der Waals surface area contributed by atoms with Crippen LogP contribution in [0.5, 0.6) is 0 Å². The van der Waals surface area contributed by atoms with E-state index in [-0.39, 0.29) is 19.1 Å². The van der Waals surface area contributed by atoms with E-state index in [2.05, 4.69) is 5.32 Å². The molecule has 1 amide bonds. The highest BCUT2D eigenvalue weighted by atomic mass is 19.1. The number of nitrogens with two attached hydrogens (primary N) is 1. The molecule has 0 aliphatic rings. The number of hydrogen-bond acceptors (Lipinski definition) is 7. The standard InChI is InChI=1S/C18H37FN2O6/c1-3-4-18(22)21-15-17(19)16(2)27-14-13-26-12-11-25-10-9-24-8-7-23-6-5-20/h16-17H,3-15,20H2,1-2H3,(H,21,22). The summed E-state index contributed by atoms with van der Waals surface area (Å²) < 4.78 is 40.4. The Balaban J connectivity index is 3.32. The van der Waals surface area contributed by atoms with Gasteiger partial charge in [0.1, 0.15) is 6.17 Å². The predicted molar refractivity (Wildman–Crippen MR) is 101 cm³/mol. The molecule has 0 saturated carbocycles. The Kier molecular flexibility index (Phi) is 19.3. The Bertz CT molecular complexity index is 339. The van der Waals surface area contributed by atoms with Gasteiger partial charge in [-0.1, -0.05) is 6.92 Å². The van der Waals surface area contributed by atoms with Crippen LogP contribution < -0.4 is 11.1 Å². The minimum Gasteiger partial charge on any atom is -0.378 e. The Labute approximate surface area is 162 Å². The Morgan fingerprint density at radius 3 is 1.89 bits per heavy atom. The molecule has 0 aromatic rings. The van der Waals surface area contributed by atoms with Gasteiger partial charge in [-0.05, 0) is 13.3 Å². The number of alkyl halides is 1. The first-order valence-corrected chi connectivity index (χ1v) is 9.65. The minimum atomic E-state index is -1.24. The molecule has 3 N–H and O–H groups in total. The zero-order chi connectivity index (χ0) is 20.2. The fraction of sp³-hybridized carbons (Fsp3) is 0.944. The molecular weight excluding hydrogens is 359 g/mol. The Hall–Kier alpha value is -0.840. The second-order valence-electron chi connectivity index (χ2n) is 5.88. The lowest BCUT2D eigenvalue weighted by Crippen LogP contribution is -2.36. The molecule has 2 unspecified atom stereocenters. The van der Waals surface area contributed by atoms with Crippen LogP contribution in [0.3, 0.4) is 0 Å². The normalized spacial score (nSPS) is 13.5. The van der Waals surface area contributed by atoms with Crippen molar-refractivity contribution in [2.45, 2.75) is 39.0 Å². The van der Waals surface area contributed by atoms with Crippen molar-refractivity contribution in [3.63, 3.8) is 0 Å². The van der Waals surface area contributed by atoms with Crippen LogP contribution in [0.2, 0.25) is 0 Å². The zero-order valence-electron chi connectivity index (χ0n) is 16.8. The highest BCUT2D eigenvalue weighted by molar-refractivity contribution is 5.75. The molecule has 8 nitrogen and oxygen atoms in total. The van der Waals surface area contributed by atoms with Crippen molar-refractivity contribution in [1.29, 1.82) is 0 Å². The first-order chi connectivity index (χ1) is 13.1. The predicted octanol–water partition coefficient (Wildman–Crippen LogP) is 0.671. The van der Waals surface area contributed by atoms with E-state index in [0.29, 0.717) is 65.8 Å². The number of nitrogens with one attached hydrogen (secondary N) is 1. The van der Waals surface area contributed by atoms with Crippen molar-refractivity contribution >= 4 is 5.91 Å². The molecule has 27 heavy (non-hydrogen) atoms. The maximum Gasteiger partial charge on any atom is 0.220 e. The SMILES string of the molecule is CCCC(=O)NCC(F)C(C)OCCOCCOCCOCCOCCN. The van der Waals surface area contributed by atoms with E-state index in [1.54, 1.807) is 6.92 Å². The van der Waals surface area contributed by atoms with E-state index in [1.807, 2.05) is 6.92 Å². The maximum absolute atomic E-state index is 13.8. The number of amides is 1. The van der Waals surface area contributed by atoms with Crippen molar-refractivity contribution in [2.75, 3.05) is 72.6 Å². The summed E-state index contributed by atoms with van der Waals surface area (Å²) in [6.07, 6.45) is -0.687. The summed E-state index contributed by atoms with van der Waals surface area (Å²) >= 11 is 0. The van der Waals surface area contributed by atoms with E-state index in [9.17, 15) is 9.18 Å². The van der Waals surface area contributed by atoms with E-state index < -0.39 is 12.3 Å². The summed E-state index contributed by atoms with van der Waals surface area (Å²) in [7, 11) is 0. The molecule has 0 rings (SSSR count). The quantitative estimate of drug-likeness (QED) is 0.292. The molecule has 0 radical (unpaired) electrons. The van der Waals surface area contributed by atoms with Crippen LogP contribution in [0.25, 0.3) is 0 Å². The largest absolute Gasteiger partial charge is 0.378 e. The average molecular weight is 397 g/mol. The number of carbonyl (C=O) groups excluding carboxylic acids is 1. The van der Waals surface area contributed by atoms with Crippen LogP contribution >= 0.6 is 0 Å². The summed E-state index contributed by atoms with van der Waals surface area (Å²) in [4.78, 5) is 11.3. The van der Waals surface area contributed by atoms with E-state index in [0.717, 1.165) is 6.42 Å². The molecular formula is C18H37FN2O6. The molecule has 162 valence electrons. The summed E-state index contributed by atoms with van der Waals surface area (Å²) in [5.41, 5.74) is 5.29. The molecule has 0 aliphatic carbocycles. The van der Waals surface area contributed by atoms with Gasteiger partial charge in [-0.3, -0.25) is 4.79 Å². The van der Waals surface area contributed by atoms with Crippen molar-refractivity contribution < 1.29 is 32.9 Å². The van der Waals surface area contributed by atoms with Crippen LogP contribution in [-0.2, 0) is 28.5 Å². The number of rotatable bonds is 20. The van der Waals surface area contributed by atoms with Gasteiger partial charge in [0.05, 0.1) is 72.1 Å². The number of hydrogen-bond donors (Lipinski definition) is 2. The highest BCUT2D eigenvalue weighted by Gasteiger charge is 2.17. The Morgan fingerprint density at radius 2 is 1.41 bits per heavy atom. The van der Waals surface area contributed by atoms with Gasteiger partial charge >= 0.3 is 0 Å². The molecule has 0 aromatic heterocycles. The molecule has 0 aromatic carbocycles. The van der Waals surface area contributed by atoms with Crippen LogP contribution in [0.15, 0.2) is 0 Å². The molecule has 0 bridgehead atoms. The zero-order valence-corrected chi connectivity index (χ0v) is 16.8. The molecule has 9 heteroatoms. The third-order valence-corrected chi connectivity index (χ3v) is 3.47. The molecule has 0 fully saturated rings. The van der Waals surface area contributed by atoms with Gasteiger partial charge in [0, 0.05) is 13.0 Å². The molecule has 0 heterocycles. The third-order valence-electron chi connectivity index (χ3n) is 3.47. The van der Waals surface area contributed by atoms with Crippen molar-refractivity contribution in [3.05, 3.63) is 0 Å². The summed E-state index contributed by atoms with van der Waals surface area (Å²) in [5, 5.41) is 2.55. The average Bonchev–Trinajstić information content (AvgIpc) is 2.66. The van der Waals surface area contributed by atoms with Gasteiger partial charge in [-0.2, -0.15) is 0 Å². The van der Waals surface area contributed by atoms with Gasteiger partial charge < -0.3 is 34.7 Å². The fourth-order valence-corrected chi connectivity index (χ4v) is 1.94. The molecule has 0 aliphatic heterocycles. The molecule has 2 atom stereocenters. The van der Waals surface area contributed by atoms with E-state index >= 15 is 0 Å². The maximum atomic E-state index is 13.8. The van der Waals surface area contributed by atoms with Crippen LogP contribution in [0.4, 0.5) is 4.39 Å². The lowest BCUT2D eigenvalue weighted by atomic mass is 10.2. The van der Waals surface area contributed by atoms with E-state index in [4.69, 9.17) is 29.4 Å². The van der Waals surface area contributed by atoms with Gasteiger partial charge in [0.15, 0.2) is 0 Å². The van der Waals surface area contributed by atoms with Gasteiger partial charge in [0.2, 0.25) is 5.91 Å². The highest BCUT2D eigenvalue weighted by Crippen LogP contribution is 2.03. The number of halogens is 1. The summed E-state index contributed by atoms with van der Waals surface area (Å²) in [5.74, 6) is -0.138. The minimum absolute atomic E-state index is 0.0318. The smallest absolute Gasteiger partial charge is 0.220 e. The topological polar surface area (TPSA) is 101 Å². The third kappa shape index (κ3) is 18.3. The second kappa shape index (κ2) is 19.9. The monoisotopic (exact) mass is 396 g/mol.